The number of nitrogens with zero attached hydrogens (tertiary/aromatic N) is 1. The maximum atomic E-state index is 12.1. The number of carbonyl (C=O) groups is 1. The first-order valence-corrected chi connectivity index (χ1v) is 6.98. The number of benzene rings is 1. The number of non-ortho nitro benzene ring substituents is 1. The van der Waals surface area contributed by atoms with Gasteiger partial charge in [-0.25, -0.2) is 4.79 Å². The summed E-state index contributed by atoms with van der Waals surface area (Å²) < 4.78 is 5.60. The summed E-state index contributed by atoms with van der Waals surface area (Å²) in [5, 5.41) is 10.6. The first-order chi connectivity index (χ1) is 9.52. The lowest BCUT2D eigenvalue weighted by Crippen LogP contribution is -2.27. The molecule has 2 rings (SSSR count). The molecule has 5 heteroatoms. The van der Waals surface area contributed by atoms with Crippen LogP contribution in [0.15, 0.2) is 24.3 Å². The summed E-state index contributed by atoms with van der Waals surface area (Å²) in [4.78, 5) is 22.2. The van der Waals surface area contributed by atoms with Crippen LogP contribution < -0.4 is 0 Å². The van der Waals surface area contributed by atoms with Gasteiger partial charge in [-0.15, -0.1) is 0 Å². The van der Waals surface area contributed by atoms with Crippen LogP contribution >= 0.6 is 0 Å². The summed E-state index contributed by atoms with van der Waals surface area (Å²) in [6.45, 7) is 4.17. The van der Waals surface area contributed by atoms with Gasteiger partial charge in [-0.1, -0.05) is 20.3 Å². The molecule has 0 spiro atoms. The van der Waals surface area contributed by atoms with Crippen molar-refractivity contribution in [1.82, 2.24) is 0 Å². The van der Waals surface area contributed by atoms with Crippen molar-refractivity contribution in [2.24, 2.45) is 11.8 Å². The molecule has 0 bridgehead atoms. The smallest absolute Gasteiger partial charge is 0.338 e. The molecule has 0 heterocycles. The van der Waals surface area contributed by atoms with E-state index in [1.807, 2.05) is 0 Å². The molecule has 108 valence electrons. The third-order valence-electron chi connectivity index (χ3n) is 3.85. The lowest BCUT2D eigenvalue weighted by Gasteiger charge is -2.23. The Balaban J connectivity index is 2.04. The fraction of sp³-hybridized carbons (Fsp3) is 0.533. The maximum absolute atomic E-state index is 12.1. The van der Waals surface area contributed by atoms with Crippen molar-refractivity contribution in [2.45, 2.75) is 39.2 Å². The van der Waals surface area contributed by atoms with Crippen LogP contribution in [0, 0.1) is 22.0 Å². The second kappa shape index (κ2) is 6.03. The Morgan fingerprint density at radius 2 is 2.00 bits per heavy atom. The van der Waals surface area contributed by atoms with E-state index >= 15 is 0 Å². The van der Waals surface area contributed by atoms with Crippen LogP contribution in [-0.2, 0) is 4.74 Å². The largest absolute Gasteiger partial charge is 0.458 e. The standard InChI is InChI=1S/C15H19NO4/c1-3-10(2)14(11-4-5-11)20-15(17)12-6-8-13(9-7-12)16(18)19/h6-11,14H,3-5H2,1-2H3/t10-,14?/m0/s1. The van der Waals surface area contributed by atoms with E-state index < -0.39 is 10.9 Å². The van der Waals surface area contributed by atoms with Crippen LogP contribution in [0.1, 0.15) is 43.5 Å². The van der Waals surface area contributed by atoms with Gasteiger partial charge in [-0.2, -0.15) is 0 Å². The zero-order chi connectivity index (χ0) is 14.7. The number of rotatable bonds is 6. The molecular weight excluding hydrogens is 258 g/mol. The first kappa shape index (κ1) is 14.5. The highest BCUT2D eigenvalue weighted by Crippen LogP contribution is 2.38. The fourth-order valence-corrected chi connectivity index (χ4v) is 2.24. The molecule has 1 aromatic rings. The predicted molar refractivity (Wildman–Crippen MR) is 74.5 cm³/mol. The topological polar surface area (TPSA) is 69.4 Å². The summed E-state index contributed by atoms with van der Waals surface area (Å²) in [6.07, 6.45) is 3.16. The Bertz CT molecular complexity index is 493. The van der Waals surface area contributed by atoms with Gasteiger partial charge in [0.05, 0.1) is 10.5 Å². The van der Waals surface area contributed by atoms with Gasteiger partial charge in [0.2, 0.25) is 0 Å². The van der Waals surface area contributed by atoms with E-state index in [1.165, 1.54) is 24.3 Å². The molecule has 2 atom stereocenters. The monoisotopic (exact) mass is 277 g/mol. The van der Waals surface area contributed by atoms with Gasteiger partial charge in [-0.3, -0.25) is 10.1 Å². The molecule has 5 nitrogen and oxygen atoms in total. The van der Waals surface area contributed by atoms with Crippen molar-refractivity contribution in [3.63, 3.8) is 0 Å². The number of carbonyl (C=O) groups excluding carboxylic acids is 1. The van der Waals surface area contributed by atoms with Crippen LogP contribution in [0.5, 0.6) is 0 Å². The molecule has 20 heavy (non-hydrogen) atoms. The normalized spacial score (nSPS) is 17.3. The van der Waals surface area contributed by atoms with Gasteiger partial charge in [0.15, 0.2) is 0 Å². The minimum atomic E-state index is -0.485. The summed E-state index contributed by atoms with van der Waals surface area (Å²) in [6, 6.07) is 5.54. The van der Waals surface area contributed by atoms with Crippen molar-refractivity contribution in [3.05, 3.63) is 39.9 Å². The van der Waals surface area contributed by atoms with Crippen molar-refractivity contribution in [2.75, 3.05) is 0 Å². The molecule has 1 unspecified atom stereocenters. The average molecular weight is 277 g/mol. The second-order valence-electron chi connectivity index (χ2n) is 5.40. The highest BCUT2D eigenvalue weighted by molar-refractivity contribution is 5.89. The molecule has 1 aliphatic rings. The first-order valence-electron chi connectivity index (χ1n) is 6.98. The van der Waals surface area contributed by atoms with Crippen molar-refractivity contribution >= 4 is 11.7 Å². The summed E-state index contributed by atoms with van der Waals surface area (Å²) in [7, 11) is 0. The van der Waals surface area contributed by atoms with Crippen molar-refractivity contribution < 1.29 is 14.5 Å². The third kappa shape index (κ3) is 3.35. The van der Waals surface area contributed by atoms with Crippen LogP contribution in [0.2, 0.25) is 0 Å². The Morgan fingerprint density at radius 1 is 1.40 bits per heavy atom. The molecule has 0 aliphatic heterocycles. The summed E-state index contributed by atoms with van der Waals surface area (Å²) in [5.74, 6) is 0.425. The van der Waals surface area contributed by atoms with E-state index in [9.17, 15) is 14.9 Å². The Kier molecular flexibility index (Phi) is 4.37. The van der Waals surface area contributed by atoms with Crippen LogP contribution in [-0.4, -0.2) is 17.0 Å². The molecule has 1 aromatic carbocycles. The van der Waals surface area contributed by atoms with Gasteiger partial charge in [0.25, 0.3) is 5.69 Å². The van der Waals surface area contributed by atoms with E-state index in [4.69, 9.17) is 4.74 Å². The quantitative estimate of drug-likeness (QED) is 0.452. The lowest BCUT2D eigenvalue weighted by molar-refractivity contribution is -0.384. The molecule has 1 aliphatic carbocycles. The molecule has 0 amide bonds. The molecule has 0 radical (unpaired) electrons. The number of nitro benzene ring substituents is 1. The molecular formula is C15H19NO4. The van der Waals surface area contributed by atoms with E-state index in [0.29, 0.717) is 17.4 Å². The van der Waals surface area contributed by atoms with Crippen LogP contribution in [0.25, 0.3) is 0 Å². The van der Waals surface area contributed by atoms with Gasteiger partial charge in [0.1, 0.15) is 6.10 Å². The average Bonchev–Trinajstić information content (AvgIpc) is 3.28. The zero-order valence-corrected chi connectivity index (χ0v) is 11.7. The summed E-state index contributed by atoms with van der Waals surface area (Å²) >= 11 is 0. The van der Waals surface area contributed by atoms with E-state index in [2.05, 4.69) is 13.8 Å². The molecule has 0 N–H and O–H groups in total. The molecule has 1 saturated carbocycles. The molecule has 1 fully saturated rings. The minimum absolute atomic E-state index is 0.0257. The maximum Gasteiger partial charge on any atom is 0.338 e. The number of hydrogen-bond acceptors (Lipinski definition) is 4. The Hall–Kier alpha value is -1.91. The zero-order valence-electron chi connectivity index (χ0n) is 11.7. The summed E-state index contributed by atoms with van der Waals surface area (Å²) in [5.41, 5.74) is 0.340. The number of esters is 1. The van der Waals surface area contributed by atoms with Crippen molar-refractivity contribution in [1.29, 1.82) is 0 Å². The van der Waals surface area contributed by atoms with E-state index in [0.717, 1.165) is 19.3 Å². The predicted octanol–water partition coefficient (Wildman–Crippen LogP) is 3.58. The Morgan fingerprint density at radius 3 is 2.45 bits per heavy atom. The highest BCUT2D eigenvalue weighted by atomic mass is 16.6. The Labute approximate surface area is 118 Å². The molecule has 0 aromatic heterocycles. The van der Waals surface area contributed by atoms with Crippen LogP contribution in [0.3, 0.4) is 0 Å². The van der Waals surface area contributed by atoms with Gasteiger partial charge in [-0.05, 0) is 36.8 Å². The number of ether oxygens (including phenoxy) is 1. The highest BCUT2D eigenvalue weighted by Gasteiger charge is 2.37. The van der Waals surface area contributed by atoms with Gasteiger partial charge in [0, 0.05) is 12.1 Å². The van der Waals surface area contributed by atoms with Crippen molar-refractivity contribution in [3.8, 4) is 0 Å². The number of hydrogen-bond donors (Lipinski definition) is 0. The minimum Gasteiger partial charge on any atom is -0.458 e. The number of nitro groups is 1. The van der Waals surface area contributed by atoms with E-state index in [1.54, 1.807) is 0 Å². The fourth-order valence-electron chi connectivity index (χ4n) is 2.24. The second-order valence-corrected chi connectivity index (χ2v) is 5.40. The van der Waals surface area contributed by atoms with Gasteiger partial charge < -0.3 is 4.74 Å². The van der Waals surface area contributed by atoms with Crippen LogP contribution in [0.4, 0.5) is 5.69 Å². The van der Waals surface area contributed by atoms with Gasteiger partial charge >= 0.3 is 5.97 Å². The molecule has 0 saturated heterocycles. The third-order valence-corrected chi connectivity index (χ3v) is 3.85. The van der Waals surface area contributed by atoms with E-state index in [-0.39, 0.29) is 11.8 Å². The lowest BCUT2D eigenvalue weighted by atomic mass is 9.98. The SMILES string of the molecule is CC[C@H](C)C(OC(=O)c1ccc([N+](=O)[O-])cc1)C1CC1.